The Hall–Kier alpha value is -1.26. The second-order valence-corrected chi connectivity index (χ2v) is 4.87. The van der Waals surface area contributed by atoms with Crippen molar-refractivity contribution in [2.45, 2.75) is 6.92 Å². The molecule has 88 valence electrons. The number of nitrogens with one attached hydrogen (secondary N) is 2. The molecular formula is C12H10BrClN2O. The number of hydrogen-bond donors (Lipinski definition) is 2. The number of aromatic amines is 1. The summed E-state index contributed by atoms with van der Waals surface area (Å²) in [4.78, 5) is 14.8. The number of hydrogen-bond acceptors (Lipinski definition) is 1. The van der Waals surface area contributed by atoms with Crippen molar-refractivity contribution in [1.82, 2.24) is 4.98 Å². The van der Waals surface area contributed by atoms with Crippen molar-refractivity contribution in [1.29, 1.82) is 0 Å². The monoisotopic (exact) mass is 312 g/mol. The maximum absolute atomic E-state index is 11.9. The topological polar surface area (TPSA) is 44.9 Å². The number of benzene rings is 1. The summed E-state index contributed by atoms with van der Waals surface area (Å²) >= 11 is 9.09. The lowest BCUT2D eigenvalue weighted by atomic mass is 10.3. The average Bonchev–Trinajstić information content (AvgIpc) is 2.63. The molecule has 0 spiro atoms. The van der Waals surface area contributed by atoms with E-state index in [1.54, 1.807) is 30.3 Å². The van der Waals surface area contributed by atoms with Crippen LogP contribution in [0.1, 0.15) is 16.1 Å². The molecule has 2 rings (SSSR count). The molecule has 0 unspecified atom stereocenters. The Kier molecular flexibility index (Phi) is 3.54. The average molecular weight is 314 g/mol. The van der Waals surface area contributed by atoms with Gasteiger partial charge in [-0.15, -0.1) is 0 Å². The lowest BCUT2D eigenvalue weighted by Crippen LogP contribution is -2.12. The summed E-state index contributed by atoms with van der Waals surface area (Å²) in [5.41, 5.74) is 2.22. The van der Waals surface area contributed by atoms with Crippen LogP contribution in [0.15, 0.2) is 34.9 Å². The van der Waals surface area contributed by atoms with Crippen LogP contribution < -0.4 is 5.32 Å². The van der Waals surface area contributed by atoms with E-state index >= 15 is 0 Å². The highest BCUT2D eigenvalue weighted by Crippen LogP contribution is 2.18. The van der Waals surface area contributed by atoms with Gasteiger partial charge in [0.2, 0.25) is 0 Å². The number of anilines is 1. The third-order valence-electron chi connectivity index (χ3n) is 2.30. The van der Waals surface area contributed by atoms with E-state index in [1.165, 1.54) is 0 Å². The van der Waals surface area contributed by atoms with Gasteiger partial charge in [0.1, 0.15) is 5.69 Å². The molecule has 1 heterocycles. The number of amides is 1. The number of rotatable bonds is 2. The standard InChI is InChI=1S/C12H10BrClN2O/c1-7-6-10(16-11(7)13)12(17)15-9-4-2-8(14)3-5-9/h2-6,16H,1H3,(H,15,17). The fourth-order valence-corrected chi connectivity index (χ4v) is 1.84. The van der Waals surface area contributed by atoms with Crippen LogP contribution in [0, 0.1) is 6.92 Å². The molecule has 0 saturated heterocycles. The van der Waals surface area contributed by atoms with Gasteiger partial charge in [-0.25, -0.2) is 0 Å². The highest BCUT2D eigenvalue weighted by molar-refractivity contribution is 9.10. The zero-order valence-electron chi connectivity index (χ0n) is 9.05. The Bertz CT molecular complexity index is 529. The maximum Gasteiger partial charge on any atom is 0.272 e. The van der Waals surface area contributed by atoms with Crippen molar-refractivity contribution in [3.8, 4) is 0 Å². The number of H-pyrrole nitrogens is 1. The van der Waals surface area contributed by atoms with Crippen molar-refractivity contribution in [3.05, 3.63) is 51.2 Å². The van der Waals surface area contributed by atoms with Crippen LogP contribution >= 0.6 is 27.5 Å². The molecule has 3 nitrogen and oxygen atoms in total. The molecule has 0 atom stereocenters. The van der Waals surface area contributed by atoms with Gasteiger partial charge in [-0.3, -0.25) is 4.79 Å². The Morgan fingerprint density at radius 2 is 2.00 bits per heavy atom. The molecule has 17 heavy (non-hydrogen) atoms. The van der Waals surface area contributed by atoms with Gasteiger partial charge in [-0.2, -0.15) is 0 Å². The molecule has 1 amide bonds. The molecule has 5 heteroatoms. The Morgan fingerprint density at radius 1 is 1.35 bits per heavy atom. The van der Waals surface area contributed by atoms with Crippen LogP contribution in [-0.2, 0) is 0 Å². The Balaban J connectivity index is 2.14. The van der Waals surface area contributed by atoms with Crippen molar-refractivity contribution < 1.29 is 4.79 Å². The lowest BCUT2D eigenvalue weighted by Gasteiger charge is -2.03. The first kappa shape index (κ1) is 12.2. The minimum Gasteiger partial charge on any atom is -0.345 e. The van der Waals surface area contributed by atoms with Gasteiger partial charge in [0.15, 0.2) is 0 Å². The molecule has 0 bridgehead atoms. The Morgan fingerprint density at radius 3 is 2.53 bits per heavy atom. The SMILES string of the molecule is Cc1cc(C(=O)Nc2ccc(Cl)cc2)[nH]c1Br. The molecular weight excluding hydrogens is 304 g/mol. The summed E-state index contributed by atoms with van der Waals surface area (Å²) in [6.45, 7) is 1.92. The molecule has 0 aliphatic rings. The first-order chi connectivity index (χ1) is 8.06. The highest BCUT2D eigenvalue weighted by Gasteiger charge is 2.10. The highest BCUT2D eigenvalue weighted by atomic mass is 79.9. The summed E-state index contributed by atoms with van der Waals surface area (Å²) in [6.07, 6.45) is 0. The molecule has 0 saturated carbocycles. The lowest BCUT2D eigenvalue weighted by molar-refractivity contribution is 0.102. The predicted molar refractivity (Wildman–Crippen MR) is 72.6 cm³/mol. The van der Waals surface area contributed by atoms with Gasteiger partial charge in [0.05, 0.1) is 4.60 Å². The maximum atomic E-state index is 11.9. The summed E-state index contributed by atoms with van der Waals surface area (Å²) in [5, 5.41) is 3.42. The van der Waals surface area contributed by atoms with Crippen LogP contribution in [0.4, 0.5) is 5.69 Å². The van der Waals surface area contributed by atoms with E-state index in [-0.39, 0.29) is 5.91 Å². The van der Waals surface area contributed by atoms with Crippen LogP contribution in [0.25, 0.3) is 0 Å². The first-order valence-corrected chi connectivity index (χ1v) is 6.15. The minimum absolute atomic E-state index is 0.180. The Labute approximate surface area is 112 Å². The summed E-state index contributed by atoms with van der Waals surface area (Å²) in [6, 6.07) is 8.76. The number of carbonyl (C=O) groups is 1. The number of carbonyl (C=O) groups excluding carboxylic acids is 1. The second-order valence-electron chi connectivity index (χ2n) is 3.64. The van der Waals surface area contributed by atoms with E-state index < -0.39 is 0 Å². The molecule has 2 N–H and O–H groups in total. The molecule has 0 aliphatic carbocycles. The molecule has 1 aromatic carbocycles. The third-order valence-corrected chi connectivity index (χ3v) is 3.37. The van der Waals surface area contributed by atoms with Gasteiger partial charge in [0.25, 0.3) is 5.91 Å². The summed E-state index contributed by atoms with van der Waals surface area (Å²) < 4.78 is 0.818. The van der Waals surface area contributed by atoms with Crippen molar-refractivity contribution in [2.75, 3.05) is 5.32 Å². The van der Waals surface area contributed by atoms with E-state index in [9.17, 15) is 4.79 Å². The summed E-state index contributed by atoms with van der Waals surface area (Å²) in [5.74, 6) is -0.180. The van der Waals surface area contributed by atoms with Crippen LogP contribution in [-0.4, -0.2) is 10.9 Å². The predicted octanol–water partition coefficient (Wildman–Crippen LogP) is 3.99. The van der Waals surface area contributed by atoms with E-state index in [0.717, 1.165) is 10.2 Å². The normalized spacial score (nSPS) is 10.3. The van der Waals surface area contributed by atoms with Crippen molar-refractivity contribution in [3.63, 3.8) is 0 Å². The third kappa shape index (κ3) is 2.90. The number of halogens is 2. The van der Waals surface area contributed by atoms with Gasteiger partial charge in [-0.05, 0) is 58.7 Å². The largest absolute Gasteiger partial charge is 0.345 e. The minimum atomic E-state index is -0.180. The molecule has 0 radical (unpaired) electrons. The molecule has 0 fully saturated rings. The van der Waals surface area contributed by atoms with E-state index in [0.29, 0.717) is 16.4 Å². The fourth-order valence-electron chi connectivity index (χ4n) is 1.39. The van der Waals surface area contributed by atoms with Gasteiger partial charge >= 0.3 is 0 Å². The molecule has 0 aliphatic heterocycles. The smallest absolute Gasteiger partial charge is 0.272 e. The van der Waals surface area contributed by atoms with E-state index in [2.05, 4.69) is 26.2 Å². The number of aryl methyl sites for hydroxylation is 1. The quantitative estimate of drug-likeness (QED) is 0.865. The molecule has 2 aromatic rings. The van der Waals surface area contributed by atoms with Gasteiger partial charge in [-0.1, -0.05) is 11.6 Å². The van der Waals surface area contributed by atoms with Crippen LogP contribution in [0.3, 0.4) is 0 Å². The van der Waals surface area contributed by atoms with Gasteiger partial charge < -0.3 is 10.3 Å². The van der Waals surface area contributed by atoms with Crippen LogP contribution in [0.5, 0.6) is 0 Å². The van der Waals surface area contributed by atoms with Crippen molar-refractivity contribution >= 4 is 39.1 Å². The molecule has 1 aromatic heterocycles. The second kappa shape index (κ2) is 4.94. The van der Waals surface area contributed by atoms with Gasteiger partial charge in [0, 0.05) is 10.7 Å². The van der Waals surface area contributed by atoms with E-state index in [4.69, 9.17) is 11.6 Å². The summed E-state index contributed by atoms with van der Waals surface area (Å²) in [7, 11) is 0. The zero-order valence-corrected chi connectivity index (χ0v) is 11.4. The zero-order chi connectivity index (χ0) is 12.4. The fraction of sp³-hybridized carbons (Fsp3) is 0.0833. The number of aromatic nitrogens is 1. The van der Waals surface area contributed by atoms with Crippen LogP contribution in [0.2, 0.25) is 5.02 Å². The van der Waals surface area contributed by atoms with Crippen molar-refractivity contribution in [2.24, 2.45) is 0 Å². The van der Waals surface area contributed by atoms with E-state index in [1.807, 2.05) is 6.92 Å². The first-order valence-electron chi connectivity index (χ1n) is 4.98.